The normalized spacial score (nSPS) is 16.8. The van der Waals surface area contributed by atoms with Crippen molar-refractivity contribution in [1.82, 2.24) is 63.4 Å². The van der Waals surface area contributed by atoms with Gasteiger partial charge in [-0.1, -0.05) is 64.4 Å². The number of carbonyl (C=O) groups is 14. The van der Waals surface area contributed by atoms with Gasteiger partial charge in [0.25, 0.3) is 0 Å². The molecule has 0 radical (unpaired) electrons. The number of hydrogen-bond donors (Lipinski definition) is 22. The number of nitrogens with one attached hydrogen (secondary N) is 11. The van der Waals surface area contributed by atoms with Crippen molar-refractivity contribution in [3.8, 4) is 0 Å². The maximum atomic E-state index is 15.1. The number of nitrogens with two attached hydrogens (primary N) is 10. The van der Waals surface area contributed by atoms with E-state index in [0.717, 1.165) is 6.42 Å². The first-order valence-electron chi connectivity index (χ1n) is 37.7. The SMILES string of the molecule is CC[C@H](C)[C@H](NC(=O)[C@H](CCCCN)NC(=O)[C@H](CCCN=C(N)N)NC(=O)[C@@H]1CCCN1C(=O)[C@H](CCCCN)NC(=O)[C@H](Cc1ccccc1)NC(=O)[C@H](CCCN=C(N)N)NC(=O)[C@H](CCCN=C(N)N)NC(=O)[C@@H]1CCCN1)C(=O)N[C@@H](CC(N)=O)C(=O)N[C@@H](CC(C)C)C(=O)N[C@@H](CCC(N)=O)C(=O)O. The lowest BCUT2D eigenvalue weighted by atomic mass is 9.96. The number of hydrogen-bond acceptors (Lipinski definition) is 20. The molecule has 2 aliphatic heterocycles. The minimum Gasteiger partial charge on any atom is -0.480 e. The molecule has 13 amide bonds. The van der Waals surface area contributed by atoms with Crippen molar-refractivity contribution in [3.05, 3.63) is 35.9 Å². The molecule has 616 valence electrons. The molecule has 0 saturated carbocycles. The van der Waals surface area contributed by atoms with E-state index in [1.54, 1.807) is 58.0 Å². The predicted octanol–water partition coefficient (Wildman–Crippen LogP) is -6.44. The Morgan fingerprint density at radius 1 is 0.482 bits per heavy atom. The topological polar surface area (TPSA) is 692 Å². The van der Waals surface area contributed by atoms with E-state index in [1.807, 2.05) is 0 Å². The number of likely N-dealkylation sites (tertiary alicyclic amines) is 1. The first kappa shape index (κ1) is 93.7. The minimum atomic E-state index is -1.76. The maximum Gasteiger partial charge on any atom is 0.326 e. The summed E-state index contributed by atoms with van der Waals surface area (Å²) in [5.74, 6) is -14.0. The van der Waals surface area contributed by atoms with Crippen LogP contribution in [-0.4, -0.2) is 229 Å². The van der Waals surface area contributed by atoms with Gasteiger partial charge in [0.05, 0.1) is 12.5 Å². The molecule has 3 rings (SSSR count). The molecular weight excluding hydrogens is 1430 g/mol. The third kappa shape index (κ3) is 35.2. The predicted molar refractivity (Wildman–Crippen MR) is 410 cm³/mol. The standard InChI is InChI=1S/C70H121N25O15/c1-5-40(4)55(65(107)93-51(38-54(74)97)63(105)91-49(36-39(2)3)61(103)90-48(67(109)110)27-28-53(73)96)94-60(102)43(20-9-11-29-71)86-58(100)46(25-16-34-84-70(79)80)88-64(106)52-26-17-35-95(52)66(108)47(21-10-12-30-72)89-62(104)50(37-41-18-7-6-8-19-41)92-59(101)45(24-15-33-83-69(77)78)87-57(99)44(23-14-32-82-68(75)76)85-56(98)42-22-13-31-81-42/h6-8,18-19,39-40,42-52,55,81H,5,9-17,20-38,71-72H2,1-4H3,(H2,73,96)(H2,74,97)(H,85,98)(H,86,100)(H,87,99)(H,88,106)(H,89,104)(H,90,103)(H,91,105)(H,92,101)(H,93,107)(H,94,102)(H,109,110)(H4,75,76,82)(H4,77,78,83)(H4,79,80,84)/t40-,42-,43-,44-,45-,46-,47-,48-,49-,50-,51-,52-,55-/m0/s1. The second-order valence-corrected chi connectivity index (χ2v) is 28.0. The highest BCUT2D eigenvalue weighted by Crippen LogP contribution is 2.22. The van der Waals surface area contributed by atoms with Crippen LogP contribution in [-0.2, 0) is 73.5 Å². The Balaban J connectivity index is 2.01. The molecule has 1 aromatic carbocycles. The molecule has 2 heterocycles. The van der Waals surface area contributed by atoms with E-state index < -0.39 is 168 Å². The van der Waals surface area contributed by atoms with Gasteiger partial charge in [-0.25, -0.2) is 4.79 Å². The highest BCUT2D eigenvalue weighted by molar-refractivity contribution is 6.00. The van der Waals surface area contributed by atoms with Gasteiger partial charge in [0.1, 0.15) is 66.5 Å². The van der Waals surface area contributed by atoms with Gasteiger partial charge < -0.3 is 126 Å². The van der Waals surface area contributed by atoms with Crippen molar-refractivity contribution in [2.75, 3.05) is 45.8 Å². The van der Waals surface area contributed by atoms with E-state index in [1.165, 1.54) is 4.90 Å². The van der Waals surface area contributed by atoms with Gasteiger partial charge in [0, 0.05) is 39.0 Å². The summed E-state index contributed by atoms with van der Waals surface area (Å²) in [4.78, 5) is 208. The lowest BCUT2D eigenvalue weighted by Gasteiger charge is -2.31. The fourth-order valence-electron chi connectivity index (χ4n) is 12.3. The summed E-state index contributed by atoms with van der Waals surface area (Å²) in [7, 11) is 0. The van der Waals surface area contributed by atoms with Crippen LogP contribution in [0.4, 0.5) is 0 Å². The fraction of sp³-hybridized carbons (Fsp3) is 0.671. The Hall–Kier alpha value is -10.5. The minimum absolute atomic E-state index is 0.0144. The molecule has 0 unspecified atom stereocenters. The number of rotatable bonds is 53. The van der Waals surface area contributed by atoms with Crippen LogP contribution in [0.3, 0.4) is 0 Å². The van der Waals surface area contributed by atoms with Crippen LogP contribution in [0, 0.1) is 11.8 Å². The van der Waals surface area contributed by atoms with Gasteiger partial charge in [-0.05, 0) is 153 Å². The summed E-state index contributed by atoms with van der Waals surface area (Å²) in [6.45, 7) is 7.90. The zero-order valence-corrected chi connectivity index (χ0v) is 63.7. The summed E-state index contributed by atoms with van der Waals surface area (Å²) in [5, 5.41) is 39.5. The number of benzene rings is 1. The second kappa shape index (κ2) is 50.2. The average molecular weight is 1550 g/mol. The first-order valence-corrected chi connectivity index (χ1v) is 37.7. The number of carboxylic acid groups (broad SMARTS) is 1. The van der Waals surface area contributed by atoms with Crippen LogP contribution in [0.5, 0.6) is 0 Å². The van der Waals surface area contributed by atoms with Crippen molar-refractivity contribution < 1.29 is 72.2 Å². The molecule has 0 aromatic heterocycles. The number of guanidine groups is 3. The zero-order chi connectivity index (χ0) is 82.0. The lowest BCUT2D eigenvalue weighted by molar-refractivity contribution is -0.143. The van der Waals surface area contributed by atoms with Crippen LogP contribution in [0.15, 0.2) is 45.3 Å². The molecule has 0 spiro atoms. The fourth-order valence-corrected chi connectivity index (χ4v) is 12.3. The molecule has 2 saturated heterocycles. The van der Waals surface area contributed by atoms with Gasteiger partial charge in [0.2, 0.25) is 76.8 Å². The average Bonchev–Trinajstić information content (AvgIpc) is 1.59. The summed E-state index contributed by atoms with van der Waals surface area (Å²) < 4.78 is 0. The smallest absolute Gasteiger partial charge is 0.326 e. The van der Waals surface area contributed by atoms with E-state index in [-0.39, 0.29) is 159 Å². The number of carbonyl (C=O) groups excluding carboxylic acids is 13. The zero-order valence-electron chi connectivity index (χ0n) is 63.7. The Morgan fingerprint density at radius 3 is 1.39 bits per heavy atom. The molecule has 0 bridgehead atoms. The van der Waals surface area contributed by atoms with Gasteiger partial charge >= 0.3 is 5.97 Å². The van der Waals surface area contributed by atoms with Crippen molar-refractivity contribution in [2.24, 2.45) is 84.1 Å². The molecule has 1 aromatic rings. The highest BCUT2D eigenvalue weighted by atomic mass is 16.4. The number of amides is 13. The van der Waals surface area contributed by atoms with Crippen molar-refractivity contribution >= 4 is 101 Å². The molecule has 0 aliphatic carbocycles. The quantitative estimate of drug-likeness (QED) is 0.0164. The van der Waals surface area contributed by atoms with Gasteiger partial charge in [0.15, 0.2) is 17.9 Å². The molecule has 2 fully saturated rings. The molecular formula is C70H121N25O15. The molecule has 40 nitrogen and oxygen atoms in total. The van der Waals surface area contributed by atoms with Gasteiger partial charge in [-0.15, -0.1) is 0 Å². The second-order valence-electron chi connectivity index (χ2n) is 28.0. The number of primary amides is 2. The molecule has 13 atom stereocenters. The first-order chi connectivity index (χ1) is 52.2. The van der Waals surface area contributed by atoms with Crippen LogP contribution in [0.2, 0.25) is 0 Å². The molecule has 40 heteroatoms. The summed E-state index contributed by atoms with van der Waals surface area (Å²) in [5.41, 5.74) is 56.7. The Labute approximate surface area is 641 Å². The lowest BCUT2D eigenvalue weighted by Crippen LogP contribution is -2.61. The van der Waals surface area contributed by atoms with E-state index in [0.29, 0.717) is 44.2 Å². The summed E-state index contributed by atoms with van der Waals surface area (Å²) in [6, 6.07) is -7.48. The summed E-state index contributed by atoms with van der Waals surface area (Å²) in [6.07, 6.45) is 1.87. The van der Waals surface area contributed by atoms with Crippen LogP contribution in [0.25, 0.3) is 0 Å². The van der Waals surface area contributed by atoms with E-state index in [9.17, 15) is 67.4 Å². The number of nitrogens with zero attached hydrogens (tertiary/aromatic N) is 4. The summed E-state index contributed by atoms with van der Waals surface area (Å²) >= 11 is 0. The van der Waals surface area contributed by atoms with Crippen molar-refractivity contribution in [1.29, 1.82) is 0 Å². The van der Waals surface area contributed by atoms with Crippen LogP contribution in [0.1, 0.15) is 168 Å². The molecule has 32 N–H and O–H groups in total. The molecule has 2 aliphatic rings. The van der Waals surface area contributed by atoms with E-state index in [2.05, 4.69) is 73.5 Å². The Bertz CT molecular complexity index is 3290. The number of aliphatic carboxylic acids is 1. The number of aliphatic imine (C=N–C) groups is 3. The van der Waals surface area contributed by atoms with Gasteiger partial charge in [-0.2, -0.15) is 0 Å². The Morgan fingerprint density at radius 2 is 0.918 bits per heavy atom. The highest BCUT2D eigenvalue weighted by Gasteiger charge is 2.42. The largest absolute Gasteiger partial charge is 0.480 e. The van der Waals surface area contributed by atoms with Crippen molar-refractivity contribution in [3.63, 3.8) is 0 Å². The number of unbranched alkanes of at least 4 members (excludes halogenated alkanes) is 2. The molecule has 110 heavy (non-hydrogen) atoms. The number of carboxylic acids is 1. The van der Waals surface area contributed by atoms with Gasteiger partial charge in [-0.3, -0.25) is 77.3 Å². The maximum absolute atomic E-state index is 15.1. The third-order valence-corrected chi connectivity index (χ3v) is 18.5. The van der Waals surface area contributed by atoms with E-state index in [4.69, 9.17) is 57.3 Å². The Kier molecular flexibility index (Phi) is 42.8. The monoisotopic (exact) mass is 1550 g/mol. The van der Waals surface area contributed by atoms with Crippen molar-refractivity contribution in [2.45, 2.75) is 241 Å². The van der Waals surface area contributed by atoms with E-state index >= 15 is 4.79 Å². The van der Waals surface area contributed by atoms with Crippen LogP contribution >= 0.6 is 0 Å². The van der Waals surface area contributed by atoms with Crippen LogP contribution < -0.4 is 116 Å². The third-order valence-electron chi connectivity index (χ3n) is 18.5.